The largest absolute Gasteiger partial charge is 0.508 e. The minimum absolute atomic E-state index is 0.0608. The second kappa shape index (κ2) is 15.5. The molecule has 0 aliphatic heterocycles. The van der Waals surface area contributed by atoms with Crippen molar-refractivity contribution >= 4 is 35.2 Å². The summed E-state index contributed by atoms with van der Waals surface area (Å²) in [6, 6.07) is 7.84. The van der Waals surface area contributed by atoms with Crippen LogP contribution in [0.5, 0.6) is 5.75 Å². The van der Waals surface area contributed by atoms with Gasteiger partial charge < -0.3 is 25.4 Å². The molecule has 0 fully saturated rings. The highest BCUT2D eigenvalue weighted by Crippen LogP contribution is 2.33. The summed E-state index contributed by atoms with van der Waals surface area (Å²) in [6.07, 6.45) is 1.11. The van der Waals surface area contributed by atoms with E-state index in [0.29, 0.717) is 40.6 Å². The Labute approximate surface area is 262 Å². The van der Waals surface area contributed by atoms with Crippen LogP contribution in [-0.2, 0) is 14.3 Å². The van der Waals surface area contributed by atoms with Crippen molar-refractivity contribution in [2.24, 2.45) is 11.8 Å². The topological polar surface area (TPSA) is 108 Å². The Morgan fingerprint density at radius 1 is 0.953 bits per heavy atom. The summed E-state index contributed by atoms with van der Waals surface area (Å²) in [5, 5.41) is 16.4. The van der Waals surface area contributed by atoms with Crippen LogP contribution in [0.15, 0.2) is 36.4 Å². The summed E-state index contributed by atoms with van der Waals surface area (Å²) in [5.41, 5.74) is 1.58. The molecule has 2 rings (SSSR count). The van der Waals surface area contributed by atoms with Crippen LogP contribution in [0.4, 0.5) is 10.5 Å². The summed E-state index contributed by atoms with van der Waals surface area (Å²) in [7, 11) is 0. The molecular formula is C34H50ClN3O5. The summed E-state index contributed by atoms with van der Waals surface area (Å²) in [5.74, 6) is -0.325. The Morgan fingerprint density at radius 3 is 2.14 bits per heavy atom. The Bertz CT molecular complexity index is 1250. The fraction of sp³-hybridized carbons (Fsp3) is 0.559. The lowest BCUT2D eigenvalue weighted by Crippen LogP contribution is -2.55. The molecule has 0 radical (unpaired) electrons. The minimum atomic E-state index is -1.08. The lowest BCUT2D eigenvalue weighted by molar-refractivity contribution is -0.144. The molecule has 0 spiro atoms. The molecule has 9 heteroatoms. The van der Waals surface area contributed by atoms with Crippen molar-refractivity contribution in [3.05, 3.63) is 58.1 Å². The van der Waals surface area contributed by atoms with E-state index in [9.17, 15) is 19.5 Å². The minimum Gasteiger partial charge on any atom is -0.508 e. The number of carbonyl (C=O) groups is 3. The third-order valence-electron chi connectivity index (χ3n) is 7.12. The van der Waals surface area contributed by atoms with Crippen LogP contribution >= 0.6 is 11.6 Å². The average Bonchev–Trinajstić information content (AvgIpc) is 2.87. The zero-order valence-electron chi connectivity index (χ0n) is 27.4. The van der Waals surface area contributed by atoms with Crippen LogP contribution in [0.1, 0.15) is 97.4 Å². The fourth-order valence-corrected chi connectivity index (χ4v) is 5.17. The smallest absolute Gasteiger partial charge is 0.408 e. The van der Waals surface area contributed by atoms with E-state index in [4.69, 9.17) is 16.3 Å². The molecule has 0 aliphatic carbocycles. The Hall–Kier alpha value is -3.26. The van der Waals surface area contributed by atoms with Gasteiger partial charge in [-0.3, -0.25) is 9.59 Å². The van der Waals surface area contributed by atoms with Crippen LogP contribution in [0.2, 0.25) is 5.02 Å². The number of nitrogens with one attached hydrogen (secondary N) is 2. The number of phenolic OH excluding ortho intramolecular Hbond substituents is 1. The number of hydrogen-bond acceptors (Lipinski definition) is 5. The molecule has 2 aromatic rings. The molecule has 2 aromatic carbocycles. The number of alkyl carbamates (subject to hydrolysis) is 1. The summed E-state index contributed by atoms with van der Waals surface area (Å²) in [6.45, 7) is 19.0. The van der Waals surface area contributed by atoms with Gasteiger partial charge in [-0.1, -0.05) is 57.5 Å². The van der Waals surface area contributed by atoms with Crippen molar-refractivity contribution < 1.29 is 24.2 Å². The summed E-state index contributed by atoms with van der Waals surface area (Å²) >= 11 is 6.49. The molecule has 0 saturated heterocycles. The standard InChI is InChI=1S/C34H50ClN3O5/c1-20(2)14-15-24(7)38(32(41)27(18-21(3)4)36-33(42)43-34(8,9)10)30(25-16-17-28(39)23(6)19-25)31(40)37-29-22(5)12-11-13-26(29)35/h11-13,16-17,19-21,24,27,30,39H,14-15,18H2,1-10H3,(H,36,42)(H,37,40). The van der Waals surface area contributed by atoms with Gasteiger partial charge in [0.05, 0.1) is 10.7 Å². The van der Waals surface area contributed by atoms with E-state index in [2.05, 4.69) is 24.5 Å². The number of nitrogens with zero attached hydrogens (tertiary/aromatic N) is 1. The SMILES string of the molecule is Cc1cc(C(C(=O)Nc2c(C)cccc2Cl)N(C(=O)C(CC(C)C)NC(=O)OC(C)(C)C)C(C)CCC(C)C)ccc1O. The summed E-state index contributed by atoms with van der Waals surface area (Å²) < 4.78 is 5.50. The van der Waals surface area contributed by atoms with Gasteiger partial charge in [0.15, 0.2) is 0 Å². The molecule has 43 heavy (non-hydrogen) atoms. The van der Waals surface area contributed by atoms with Crippen LogP contribution in [0.3, 0.4) is 0 Å². The first-order valence-electron chi connectivity index (χ1n) is 15.1. The molecule has 0 heterocycles. The monoisotopic (exact) mass is 615 g/mol. The van der Waals surface area contributed by atoms with Gasteiger partial charge >= 0.3 is 6.09 Å². The van der Waals surface area contributed by atoms with E-state index in [1.54, 1.807) is 56.9 Å². The normalized spacial score (nSPS) is 13.8. The van der Waals surface area contributed by atoms with Gasteiger partial charge in [0, 0.05) is 6.04 Å². The highest BCUT2D eigenvalue weighted by atomic mass is 35.5. The third-order valence-corrected chi connectivity index (χ3v) is 7.44. The average molecular weight is 616 g/mol. The van der Waals surface area contributed by atoms with Crippen molar-refractivity contribution in [3.63, 3.8) is 0 Å². The van der Waals surface area contributed by atoms with Crippen molar-refractivity contribution in [2.45, 2.75) is 112 Å². The molecule has 3 amide bonds. The lowest BCUT2D eigenvalue weighted by Gasteiger charge is -2.39. The number of rotatable bonds is 12. The zero-order chi connectivity index (χ0) is 32.6. The van der Waals surface area contributed by atoms with Crippen LogP contribution in [0.25, 0.3) is 0 Å². The van der Waals surface area contributed by atoms with E-state index in [-0.39, 0.29) is 17.7 Å². The van der Waals surface area contributed by atoms with Gasteiger partial charge in [-0.05, 0) is 108 Å². The molecule has 0 saturated carbocycles. The van der Waals surface area contributed by atoms with E-state index < -0.39 is 35.6 Å². The first kappa shape index (κ1) is 35.9. The van der Waals surface area contributed by atoms with E-state index >= 15 is 0 Å². The third kappa shape index (κ3) is 10.8. The van der Waals surface area contributed by atoms with Gasteiger partial charge in [-0.25, -0.2) is 4.79 Å². The molecular weight excluding hydrogens is 566 g/mol. The Kier molecular flexibility index (Phi) is 12.9. The number of benzene rings is 2. The fourth-order valence-electron chi connectivity index (χ4n) is 4.90. The number of ether oxygens (including phenoxy) is 1. The number of aryl methyl sites for hydroxylation is 2. The number of anilines is 1. The molecule has 3 N–H and O–H groups in total. The van der Waals surface area contributed by atoms with Crippen LogP contribution in [-0.4, -0.2) is 45.6 Å². The molecule has 8 nitrogen and oxygen atoms in total. The number of amides is 3. The second-order valence-corrected chi connectivity index (χ2v) is 13.7. The number of aromatic hydroxyl groups is 1. The number of hydrogen-bond donors (Lipinski definition) is 3. The number of para-hydroxylation sites is 1. The van der Waals surface area contributed by atoms with Gasteiger partial charge in [0.25, 0.3) is 5.91 Å². The maximum absolute atomic E-state index is 14.6. The molecule has 238 valence electrons. The maximum atomic E-state index is 14.6. The Morgan fingerprint density at radius 2 is 1.60 bits per heavy atom. The van der Waals surface area contributed by atoms with E-state index in [1.807, 2.05) is 33.8 Å². The van der Waals surface area contributed by atoms with Gasteiger partial charge in [-0.15, -0.1) is 0 Å². The van der Waals surface area contributed by atoms with Crippen molar-refractivity contribution in [1.82, 2.24) is 10.2 Å². The second-order valence-electron chi connectivity index (χ2n) is 13.3. The van der Waals surface area contributed by atoms with Gasteiger partial charge in [0.1, 0.15) is 23.4 Å². The zero-order valence-corrected chi connectivity index (χ0v) is 28.1. The van der Waals surface area contributed by atoms with Crippen LogP contribution < -0.4 is 10.6 Å². The predicted octanol–water partition coefficient (Wildman–Crippen LogP) is 7.93. The maximum Gasteiger partial charge on any atom is 0.408 e. The van der Waals surface area contributed by atoms with E-state index in [0.717, 1.165) is 12.0 Å². The number of halogens is 1. The molecule has 0 aliphatic rings. The van der Waals surface area contributed by atoms with Crippen molar-refractivity contribution in [3.8, 4) is 5.75 Å². The van der Waals surface area contributed by atoms with Crippen LogP contribution in [0, 0.1) is 25.7 Å². The molecule has 3 atom stereocenters. The number of phenols is 1. The molecule has 0 bridgehead atoms. The lowest BCUT2D eigenvalue weighted by atomic mass is 9.94. The predicted molar refractivity (Wildman–Crippen MR) is 173 cm³/mol. The highest BCUT2D eigenvalue weighted by Gasteiger charge is 2.39. The first-order valence-corrected chi connectivity index (χ1v) is 15.5. The molecule has 0 aromatic heterocycles. The number of carbonyl (C=O) groups excluding carboxylic acids is 3. The Balaban J connectivity index is 2.71. The van der Waals surface area contributed by atoms with Gasteiger partial charge in [0.2, 0.25) is 5.91 Å². The summed E-state index contributed by atoms with van der Waals surface area (Å²) in [4.78, 5) is 43.4. The highest BCUT2D eigenvalue weighted by molar-refractivity contribution is 6.34. The van der Waals surface area contributed by atoms with E-state index in [1.165, 1.54) is 6.07 Å². The first-order chi connectivity index (χ1) is 19.9. The quantitative estimate of drug-likeness (QED) is 0.225. The van der Waals surface area contributed by atoms with Crippen molar-refractivity contribution in [2.75, 3.05) is 5.32 Å². The van der Waals surface area contributed by atoms with Gasteiger partial charge in [-0.2, -0.15) is 0 Å². The molecule has 3 unspecified atom stereocenters. The van der Waals surface area contributed by atoms with Crippen molar-refractivity contribution in [1.29, 1.82) is 0 Å².